The van der Waals surface area contributed by atoms with Crippen molar-refractivity contribution in [1.82, 2.24) is 4.98 Å². The molecule has 2 aromatic carbocycles. The van der Waals surface area contributed by atoms with Crippen molar-refractivity contribution in [2.45, 2.75) is 0 Å². The van der Waals surface area contributed by atoms with Gasteiger partial charge in [0.2, 0.25) is 5.78 Å². The van der Waals surface area contributed by atoms with E-state index in [2.05, 4.69) is 4.98 Å². The van der Waals surface area contributed by atoms with Gasteiger partial charge >= 0.3 is 0 Å². The van der Waals surface area contributed by atoms with E-state index in [1.807, 2.05) is 42.5 Å². The largest absolute Gasteiger partial charge is 0.288 e. The van der Waals surface area contributed by atoms with Crippen LogP contribution in [0.2, 0.25) is 0 Å². The molecule has 3 aromatic rings. The van der Waals surface area contributed by atoms with Crippen LogP contribution in [0.4, 0.5) is 0 Å². The number of ketones is 1. The second-order valence-corrected chi connectivity index (χ2v) is 4.64. The number of aromatic nitrogens is 1. The lowest BCUT2D eigenvalue weighted by molar-refractivity contribution is 0.104. The maximum Gasteiger partial charge on any atom is 0.204 e. The van der Waals surface area contributed by atoms with E-state index in [-0.39, 0.29) is 5.78 Å². The third kappa shape index (κ3) is 1.85. The summed E-state index contributed by atoms with van der Waals surface area (Å²) >= 11 is 1.37. The number of fused-ring (bicyclic) bond motifs is 1. The molecule has 0 atom stereocenters. The van der Waals surface area contributed by atoms with E-state index in [0.717, 1.165) is 10.8 Å². The van der Waals surface area contributed by atoms with Gasteiger partial charge in [-0.05, 0) is 16.8 Å². The number of hydrogen-bond donors (Lipinski definition) is 0. The fraction of sp³-hybridized carbons (Fsp3) is 0. The molecule has 0 radical (unpaired) electrons. The van der Waals surface area contributed by atoms with Gasteiger partial charge < -0.3 is 0 Å². The van der Waals surface area contributed by atoms with E-state index in [1.54, 1.807) is 11.7 Å². The third-order valence-electron chi connectivity index (χ3n) is 2.67. The van der Waals surface area contributed by atoms with E-state index in [0.29, 0.717) is 10.4 Å². The minimum absolute atomic E-state index is 0.0400. The molecule has 2 nitrogen and oxygen atoms in total. The Kier molecular flexibility index (Phi) is 2.46. The average Bonchev–Trinajstić information content (AvgIpc) is 2.91. The monoisotopic (exact) mass is 239 g/mol. The van der Waals surface area contributed by atoms with Crippen LogP contribution in [0.1, 0.15) is 15.2 Å². The van der Waals surface area contributed by atoms with Crippen LogP contribution in [-0.2, 0) is 0 Å². The summed E-state index contributed by atoms with van der Waals surface area (Å²) in [5, 5.41) is 2.23. The molecular weight excluding hydrogens is 230 g/mol. The summed E-state index contributed by atoms with van der Waals surface area (Å²) in [7, 11) is 0. The minimum Gasteiger partial charge on any atom is -0.288 e. The van der Waals surface area contributed by atoms with Gasteiger partial charge in [-0.1, -0.05) is 36.4 Å². The lowest BCUT2D eigenvalue weighted by atomic mass is 10.0. The van der Waals surface area contributed by atoms with Crippen molar-refractivity contribution >= 4 is 27.9 Å². The zero-order chi connectivity index (χ0) is 11.7. The molecule has 0 saturated heterocycles. The smallest absolute Gasteiger partial charge is 0.204 e. The maximum absolute atomic E-state index is 12.1. The van der Waals surface area contributed by atoms with Crippen LogP contribution in [0.5, 0.6) is 0 Å². The van der Waals surface area contributed by atoms with Crippen molar-refractivity contribution in [2.75, 3.05) is 0 Å². The lowest BCUT2D eigenvalue weighted by Gasteiger charge is -2.01. The minimum atomic E-state index is 0.0400. The van der Waals surface area contributed by atoms with Crippen LogP contribution >= 0.6 is 11.3 Å². The standard InChI is InChI=1S/C14H9NOS/c16-14(13-8-15-9-17-13)12-6-5-10-3-1-2-4-11(10)7-12/h1-9H. The van der Waals surface area contributed by atoms with Crippen molar-refractivity contribution in [3.05, 3.63) is 64.6 Å². The number of carbonyl (C=O) groups excluding carboxylic acids is 1. The van der Waals surface area contributed by atoms with E-state index in [1.165, 1.54) is 11.3 Å². The van der Waals surface area contributed by atoms with Crippen LogP contribution in [0, 0.1) is 0 Å². The molecule has 0 fully saturated rings. The van der Waals surface area contributed by atoms with E-state index in [4.69, 9.17) is 0 Å². The van der Waals surface area contributed by atoms with Crippen LogP contribution in [0.3, 0.4) is 0 Å². The van der Waals surface area contributed by atoms with Gasteiger partial charge in [-0.2, -0.15) is 0 Å². The van der Waals surface area contributed by atoms with Crippen LogP contribution in [-0.4, -0.2) is 10.8 Å². The highest BCUT2D eigenvalue weighted by molar-refractivity contribution is 7.11. The molecule has 0 unspecified atom stereocenters. The van der Waals surface area contributed by atoms with Gasteiger partial charge in [-0.25, -0.2) is 0 Å². The zero-order valence-electron chi connectivity index (χ0n) is 8.96. The predicted molar refractivity (Wildman–Crippen MR) is 69.5 cm³/mol. The van der Waals surface area contributed by atoms with Gasteiger partial charge in [-0.15, -0.1) is 11.3 Å². The highest BCUT2D eigenvalue weighted by Crippen LogP contribution is 2.19. The molecule has 0 aliphatic rings. The van der Waals surface area contributed by atoms with Crippen LogP contribution in [0.25, 0.3) is 10.8 Å². The van der Waals surface area contributed by atoms with Gasteiger partial charge in [0.25, 0.3) is 0 Å². The fourth-order valence-corrected chi connectivity index (χ4v) is 2.38. The number of nitrogens with zero attached hydrogens (tertiary/aromatic N) is 1. The van der Waals surface area contributed by atoms with Gasteiger partial charge in [0.15, 0.2) is 0 Å². The summed E-state index contributed by atoms with van der Waals surface area (Å²) < 4.78 is 0. The van der Waals surface area contributed by atoms with Gasteiger partial charge in [0.1, 0.15) is 0 Å². The second-order valence-electron chi connectivity index (χ2n) is 3.76. The number of carbonyl (C=O) groups is 1. The fourth-order valence-electron chi connectivity index (χ4n) is 1.80. The molecule has 82 valence electrons. The summed E-state index contributed by atoms with van der Waals surface area (Å²) in [6.07, 6.45) is 1.61. The summed E-state index contributed by atoms with van der Waals surface area (Å²) in [5.41, 5.74) is 2.39. The topological polar surface area (TPSA) is 30.0 Å². The molecule has 1 aromatic heterocycles. The molecule has 0 aliphatic carbocycles. The SMILES string of the molecule is O=C(c1ccc2ccccc2c1)c1cncs1. The van der Waals surface area contributed by atoms with E-state index in [9.17, 15) is 4.79 Å². The quantitative estimate of drug-likeness (QED) is 0.640. The highest BCUT2D eigenvalue weighted by Gasteiger charge is 2.10. The number of hydrogen-bond acceptors (Lipinski definition) is 3. The number of thiazole rings is 1. The molecule has 0 bridgehead atoms. The van der Waals surface area contributed by atoms with Gasteiger partial charge in [0.05, 0.1) is 10.4 Å². The van der Waals surface area contributed by atoms with Crippen molar-refractivity contribution in [2.24, 2.45) is 0 Å². The normalized spacial score (nSPS) is 10.6. The Morgan fingerprint density at radius 1 is 1.06 bits per heavy atom. The Bertz CT molecular complexity index is 674. The van der Waals surface area contributed by atoms with Crippen LogP contribution < -0.4 is 0 Å². The first-order valence-corrected chi connectivity index (χ1v) is 6.14. The maximum atomic E-state index is 12.1. The first-order chi connectivity index (χ1) is 8.34. The van der Waals surface area contributed by atoms with E-state index >= 15 is 0 Å². The Balaban J connectivity index is 2.09. The molecular formula is C14H9NOS. The molecule has 1 heterocycles. The van der Waals surface area contributed by atoms with Crippen molar-refractivity contribution < 1.29 is 4.79 Å². The van der Waals surface area contributed by atoms with Crippen molar-refractivity contribution in [1.29, 1.82) is 0 Å². The Hall–Kier alpha value is -2.00. The Morgan fingerprint density at radius 2 is 1.88 bits per heavy atom. The molecule has 0 aliphatic heterocycles. The molecule has 17 heavy (non-hydrogen) atoms. The Labute approximate surface area is 103 Å². The lowest BCUT2D eigenvalue weighted by Crippen LogP contribution is -1.98. The van der Waals surface area contributed by atoms with Crippen molar-refractivity contribution in [3.8, 4) is 0 Å². The molecule has 0 saturated carbocycles. The number of benzene rings is 2. The molecule has 3 heteroatoms. The molecule has 0 N–H and O–H groups in total. The molecule has 3 rings (SSSR count). The van der Waals surface area contributed by atoms with Crippen molar-refractivity contribution in [3.63, 3.8) is 0 Å². The first-order valence-electron chi connectivity index (χ1n) is 5.26. The highest BCUT2D eigenvalue weighted by atomic mass is 32.1. The summed E-state index contributed by atoms with van der Waals surface area (Å²) in [6, 6.07) is 13.8. The van der Waals surface area contributed by atoms with Crippen LogP contribution in [0.15, 0.2) is 54.2 Å². The molecule has 0 amide bonds. The average molecular weight is 239 g/mol. The van der Waals surface area contributed by atoms with Gasteiger partial charge in [-0.3, -0.25) is 9.78 Å². The second kappa shape index (κ2) is 4.11. The first kappa shape index (κ1) is 10.2. The Morgan fingerprint density at radius 3 is 2.65 bits per heavy atom. The zero-order valence-corrected chi connectivity index (χ0v) is 9.78. The predicted octanol–water partition coefficient (Wildman–Crippen LogP) is 3.53. The van der Waals surface area contributed by atoms with Gasteiger partial charge in [0, 0.05) is 11.8 Å². The number of rotatable bonds is 2. The third-order valence-corrected chi connectivity index (χ3v) is 3.44. The molecule has 0 spiro atoms. The summed E-state index contributed by atoms with van der Waals surface area (Å²) in [5.74, 6) is 0.0400. The summed E-state index contributed by atoms with van der Waals surface area (Å²) in [4.78, 5) is 16.7. The van der Waals surface area contributed by atoms with E-state index < -0.39 is 0 Å². The summed E-state index contributed by atoms with van der Waals surface area (Å²) in [6.45, 7) is 0.